The summed E-state index contributed by atoms with van der Waals surface area (Å²) in [5.41, 5.74) is 3.76. The van der Waals surface area contributed by atoms with Crippen molar-refractivity contribution in [1.29, 1.82) is 0 Å². The molecule has 0 unspecified atom stereocenters. The second kappa shape index (κ2) is 8.54. The molecule has 0 amide bonds. The highest BCUT2D eigenvalue weighted by Crippen LogP contribution is 2.58. The number of carbonyl (C=O) groups excluding carboxylic acids is 1. The lowest BCUT2D eigenvalue weighted by molar-refractivity contribution is -0.165. The van der Waals surface area contributed by atoms with Gasteiger partial charge in [0.15, 0.2) is 0 Å². The molecule has 4 heteroatoms. The SMILES string of the molecule is Cc1ccc(COC(=O)C2[C@H](c3ccccc3)C(C(=O)O)[C@H]2c2ccccc2)cc1. The summed E-state index contributed by atoms with van der Waals surface area (Å²) in [6, 6.07) is 26.7. The minimum Gasteiger partial charge on any atom is -0.481 e. The minimum absolute atomic E-state index is 0.177. The van der Waals surface area contributed by atoms with Gasteiger partial charge in [-0.2, -0.15) is 0 Å². The standard InChI is InChI=1S/C26H24O4/c1-17-12-14-18(15-13-17)16-30-26(29)24-21(19-8-4-2-5-9-19)23(25(27)28)22(24)20-10-6-3-7-11-20/h2-15,21-24H,16H2,1H3,(H,27,28)/t21-,22-,23?,24?/m1/s1. The first-order valence-electron chi connectivity index (χ1n) is 10.1. The van der Waals surface area contributed by atoms with E-state index in [1.54, 1.807) is 0 Å². The van der Waals surface area contributed by atoms with E-state index in [1.165, 1.54) is 0 Å². The number of benzene rings is 3. The summed E-state index contributed by atoms with van der Waals surface area (Å²) in [7, 11) is 0. The Morgan fingerprint density at radius 1 is 0.767 bits per heavy atom. The number of aryl methyl sites for hydroxylation is 1. The Morgan fingerprint density at radius 3 is 1.73 bits per heavy atom. The molecule has 1 aliphatic carbocycles. The topological polar surface area (TPSA) is 63.6 Å². The molecule has 4 nitrogen and oxygen atoms in total. The first kappa shape index (κ1) is 19.9. The lowest BCUT2D eigenvalue weighted by Gasteiger charge is -2.49. The van der Waals surface area contributed by atoms with Crippen molar-refractivity contribution in [2.45, 2.75) is 25.4 Å². The normalized spacial score (nSPS) is 22.7. The highest BCUT2D eigenvalue weighted by Gasteiger charge is 2.59. The van der Waals surface area contributed by atoms with Gasteiger partial charge in [-0.15, -0.1) is 0 Å². The zero-order chi connectivity index (χ0) is 21.1. The van der Waals surface area contributed by atoms with Gasteiger partial charge in [0.05, 0.1) is 11.8 Å². The molecule has 30 heavy (non-hydrogen) atoms. The molecule has 0 aromatic heterocycles. The number of carboxylic acids is 1. The maximum Gasteiger partial charge on any atom is 0.310 e. The summed E-state index contributed by atoms with van der Waals surface area (Å²) < 4.78 is 5.67. The van der Waals surface area contributed by atoms with E-state index in [0.717, 1.165) is 22.3 Å². The second-order valence-corrected chi connectivity index (χ2v) is 7.86. The van der Waals surface area contributed by atoms with Gasteiger partial charge in [0.1, 0.15) is 6.61 Å². The number of carboxylic acid groups (broad SMARTS) is 1. The van der Waals surface area contributed by atoms with E-state index in [1.807, 2.05) is 91.9 Å². The van der Waals surface area contributed by atoms with Crippen LogP contribution in [0.4, 0.5) is 0 Å². The Bertz CT molecular complexity index is 964. The lowest BCUT2D eigenvalue weighted by Crippen LogP contribution is -2.51. The molecule has 2 atom stereocenters. The van der Waals surface area contributed by atoms with Crippen molar-refractivity contribution in [3.05, 3.63) is 107 Å². The average Bonchev–Trinajstić information content (AvgIpc) is 2.74. The molecular weight excluding hydrogens is 376 g/mol. The van der Waals surface area contributed by atoms with Crippen molar-refractivity contribution in [2.75, 3.05) is 0 Å². The van der Waals surface area contributed by atoms with Crippen LogP contribution in [0, 0.1) is 18.8 Å². The maximum atomic E-state index is 13.2. The van der Waals surface area contributed by atoms with Crippen molar-refractivity contribution in [3.63, 3.8) is 0 Å². The first-order chi connectivity index (χ1) is 14.6. The molecular formula is C26H24O4. The molecule has 3 aromatic rings. The van der Waals surface area contributed by atoms with Crippen LogP contribution < -0.4 is 0 Å². The molecule has 0 saturated heterocycles. The monoisotopic (exact) mass is 400 g/mol. The lowest BCUT2D eigenvalue weighted by atomic mass is 9.52. The van der Waals surface area contributed by atoms with E-state index >= 15 is 0 Å². The third-order valence-corrected chi connectivity index (χ3v) is 5.98. The summed E-state index contributed by atoms with van der Waals surface area (Å²) in [4.78, 5) is 25.4. The van der Waals surface area contributed by atoms with E-state index in [0.29, 0.717) is 0 Å². The molecule has 4 rings (SSSR count). The van der Waals surface area contributed by atoms with Crippen LogP contribution in [0.15, 0.2) is 84.9 Å². The Morgan fingerprint density at radius 2 is 1.27 bits per heavy atom. The number of esters is 1. The summed E-state index contributed by atoms with van der Waals surface area (Å²) >= 11 is 0. The van der Waals surface area contributed by atoms with Gasteiger partial charge in [-0.05, 0) is 23.6 Å². The third kappa shape index (κ3) is 3.86. The third-order valence-electron chi connectivity index (χ3n) is 5.98. The van der Waals surface area contributed by atoms with E-state index in [-0.39, 0.29) is 12.6 Å². The van der Waals surface area contributed by atoms with E-state index in [2.05, 4.69) is 0 Å². The van der Waals surface area contributed by atoms with Crippen LogP contribution in [0.5, 0.6) is 0 Å². The van der Waals surface area contributed by atoms with Gasteiger partial charge in [0, 0.05) is 11.8 Å². The van der Waals surface area contributed by atoms with Gasteiger partial charge in [-0.3, -0.25) is 9.59 Å². The van der Waals surface area contributed by atoms with Gasteiger partial charge in [-0.25, -0.2) is 0 Å². The van der Waals surface area contributed by atoms with E-state index < -0.39 is 29.6 Å². The van der Waals surface area contributed by atoms with Crippen LogP contribution >= 0.6 is 0 Å². The van der Waals surface area contributed by atoms with Crippen molar-refractivity contribution in [1.82, 2.24) is 0 Å². The van der Waals surface area contributed by atoms with Gasteiger partial charge in [0.2, 0.25) is 0 Å². The second-order valence-electron chi connectivity index (χ2n) is 7.86. The zero-order valence-corrected chi connectivity index (χ0v) is 16.8. The molecule has 0 spiro atoms. The molecule has 0 aliphatic heterocycles. The minimum atomic E-state index is -0.889. The molecule has 0 radical (unpaired) electrons. The average molecular weight is 400 g/mol. The molecule has 3 aromatic carbocycles. The number of hydrogen-bond acceptors (Lipinski definition) is 3. The van der Waals surface area contributed by atoms with Crippen LogP contribution in [-0.2, 0) is 20.9 Å². The zero-order valence-electron chi connectivity index (χ0n) is 16.8. The highest BCUT2D eigenvalue weighted by atomic mass is 16.5. The highest BCUT2D eigenvalue weighted by molar-refractivity contribution is 5.84. The number of rotatable bonds is 6. The summed E-state index contributed by atoms with van der Waals surface area (Å²) in [6.45, 7) is 2.18. The Balaban J connectivity index is 1.63. The van der Waals surface area contributed by atoms with Gasteiger partial charge in [0.25, 0.3) is 0 Å². The molecule has 1 aliphatic rings. The molecule has 0 heterocycles. The Hall–Kier alpha value is -3.40. The number of carbonyl (C=O) groups is 2. The van der Waals surface area contributed by atoms with Crippen molar-refractivity contribution in [2.24, 2.45) is 11.8 Å². The van der Waals surface area contributed by atoms with Crippen molar-refractivity contribution in [3.8, 4) is 0 Å². The molecule has 1 saturated carbocycles. The largest absolute Gasteiger partial charge is 0.481 e. The van der Waals surface area contributed by atoms with E-state index in [4.69, 9.17) is 4.74 Å². The van der Waals surface area contributed by atoms with Crippen LogP contribution in [0.1, 0.15) is 34.1 Å². The smallest absolute Gasteiger partial charge is 0.310 e. The first-order valence-corrected chi connectivity index (χ1v) is 10.1. The predicted octanol–water partition coefficient (Wildman–Crippen LogP) is 4.94. The maximum absolute atomic E-state index is 13.2. The number of ether oxygens (including phenoxy) is 1. The van der Waals surface area contributed by atoms with Gasteiger partial charge in [-0.1, -0.05) is 90.5 Å². The fourth-order valence-electron chi connectivity index (χ4n) is 4.46. The van der Waals surface area contributed by atoms with Crippen molar-refractivity contribution >= 4 is 11.9 Å². The number of hydrogen-bond donors (Lipinski definition) is 1. The summed E-state index contributed by atoms with van der Waals surface area (Å²) in [5, 5.41) is 9.98. The number of aliphatic carboxylic acids is 1. The molecule has 1 N–H and O–H groups in total. The molecule has 1 fully saturated rings. The van der Waals surface area contributed by atoms with Crippen LogP contribution in [0.2, 0.25) is 0 Å². The van der Waals surface area contributed by atoms with Gasteiger partial charge < -0.3 is 9.84 Å². The van der Waals surface area contributed by atoms with E-state index in [9.17, 15) is 14.7 Å². The van der Waals surface area contributed by atoms with Crippen LogP contribution in [0.25, 0.3) is 0 Å². The fraction of sp³-hybridized carbons (Fsp3) is 0.231. The molecule has 0 bridgehead atoms. The quantitative estimate of drug-likeness (QED) is 0.596. The summed E-state index contributed by atoms with van der Waals surface area (Å²) in [6.07, 6.45) is 0. The van der Waals surface area contributed by atoms with Crippen LogP contribution in [-0.4, -0.2) is 17.0 Å². The Labute approximate surface area is 176 Å². The Kier molecular flexibility index (Phi) is 5.66. The van der Waals surface area contributed by atoms with Gasteiger partial charge >= 0.3 is 11.9 Å². The predicted molar refractivity (Wildman–Crippen MR) is 114 cm³/mol. The molecule has 152 valence electrons. The van der Waals surface area contributed by atoms with Crippen LogP contribution in [0.3, 0.4) is 0 Å². The van der Waals surface area contributed by atoms with Crippen molar-refractivity contribution < 1.29 is 19.4 Å². The fourth-order valence-corrected chi connectivity index (χ4v) is 4.46. The summed E-state index contributed by atoms with van der Waals surface area (Å²) in [5.74, 6) is -3.29.